The average molecular weight is 314 g/mol. The highest BCUT2D eigenvalue weighted by atomic mass is 35.5. The van der Waals surface area contributed by atoms with Gasteiger partial charge in [0.15, 0.2) is 6.10 Å². The number of nitrogens with two attached hydrogens (primary N) is 2. The lowest BCUT2D eigenvalue weighted by molar-refractivity contribution is -0.154. The number of amides is 3. The van der Waals surface area contributed by atoms with Gasteiger partial charge in [0, 0.05) is 5.02 Å². The fourth-order valence-corrected chi connectivity index (χ4v) is 1.91. The first-order valence-corrected chi connectivity index (χ1v) is 6.48. The first-order chi connectivity index (χ1) is 9.81. The van der Waals surface area contributed by atoms with E-state index in [1.165, 1.54) is 6.92 Å². The van der Waals surface area contributed by atoms with Crippen LogP contribution in [0.4, 0.5) is 4.79 Å². The maximum atomic E-state index is 11.8. The van der Waals surface area contributed by atoms with Crippen molar-refractivity contribution in [1.82, 2.24) is 5.32 Å². The van der Waals surface area contributed by atoms with Crippen LogP contribution >= 0.6 is 11.6 Å². The molecule has 0 saturated carbocycles. The number of benzene rings is 1. The SMILES string of the molecule is C[C@H](OC(=O)C[C@H](NC(N)=O)c1ccccc1Cl)C(N)=O. The van der Waals surface area contributed by atoms with Crippen molar-refractivity contribution in [3.63, 3.8) is 0 Å². The van der Waals surface area contributed by atoms with Gasteiger partial charge in [-0.2, -0.15) is 0 Å². The van der Waals surface area contributed by atoms with Crippen molar-refractivity contribution in [2.75, 3.05) is 0 Å². The summed E-state index contributed by atoms with van der Waals surface area (Å²) in [5, 5.41) is 2.78. The summed E-state index contributed by atoms with van der Waals surface area (Å²) in [6, 6.07) is 5.10. The molecule has 0 aliphatic rings. The quantitative estimate of drug-likeness (QED) is 0.673. The van der Waals surface area contributed by atoms with E-state index in [0.29, 0.717) is 10.6 Å². The lowest BCUT2D eigenvalue weighted by atomic mass is 10.0. The molecule has 21 heavy (non-hydrogen) atoms. The maximum absolute atomic E-state index is 11.8. The topological polar surface area (TPSA) is 125 Å². The summed E-state index contributed by atoms with van der Waals surface area (Å²) >= 11 is 6.02. The number of carbonyl (C=O) groups excluding carboxylic acids is 3. The minimum absolute atomic E-state index is 0.232. The Bertz CT molecular complexity index is 550. The van der Waals surface area contributed by atoms with Gasteiger partial charge in [0.05, 0.1) is 12.5 Å². The molecule has 1 aromatic rings. The molecule has 7 nitrogen and oxygen atoms in total. The van der Waals surface area contributed by atoms with E-state index in [4.69, 9.17) is 27.8 Å². The molecule has 2 atom stereocenters. The van der Waals surface area contributed by atoms with Gasteiger partial charge in [-0.05, 0) is 18.6 Å². The second kappa shape index (κ2) is 7.49. The average Bonchev–Trinajstić information content (AvgIpc) is 2.37. The van der Waals surface area contributed by atoms with Crippen LogP contribution in [0.2, 0.25) is 5.02 Å². The van der Waals surface area contributed by atoms with Crippen LogP contribution in [0.1, 0.15) is 24.9 Å². The molecule has 0 aliphatic carbocycles. The van der Waals surface area contributed by atoms with Crippen LogP contribution in [-0.2, 0) is 14.3 Å². The Morgan fingerprint density at radius 3 is 2.43 bits per heavy atom. The number of ether oxygens (including phenoxy) is 1. The van der Waals surface area contributed by atoms with E-state index < -0.39 is 30.1 Å². The summed E-state index contributed by atoms with van der Waals surface area (Å²) in [6.45, 7) is 1.35. The van der Waals surface area contributed by atoms with Crippen LogP contribution in [0.25, 0.3) is 0 Å². The molecule has 0 unspecified atom stereocenters. The van der Waals surface area contributed by atoms with Crippen LogP contribution in [0.3, 0.4) is 0 Å². The van der Waals surface area contributed by atoms with Gasteiger partial charge in [-0.15, -0.1) is 0 Å². The highest BCUT2D eigenvalue weighted by molar-refractivity contribution is 6.31. The number of hydrogen-bond acceptors (Lipinski definition) is 4. The molecule has 0 radical (unpaired) electrons. The number of hydrogen-bond donors (Lipinski definition) is 3. The van der Waals surface area contributed by atoms with Gasteiger partial charge in [0.2, 0.25) is 0 Å². The highest BCUT2D eigenvalue weighted by Gasteiger charge is 2.22. The molecular formula is C13H16ClN3O4. The Morgan fingerprint density at radius 2 is 1.90 bits per heavy atom. The molecular weight excluding hydrogens is 298 g/mol. The zero-order chi connectivity index (χ0) is 16.0. The van der Waals surface area contributed by atoms with Gasteiger partial charge < -0.3 is 21.5 Å². The molecule has 0 spiro atoms. The summed E-state index contributed by atoms with van der Waals surface area (Å²) < 4.78 is 4.84. The summed E-state index contributed by atoms with van der Waals surface area (Å²) in [4.78, 5) is 33.7. The fourth-order valence-electron chi connectivity index (χ4n) is 1.64. The molecule has 1 aromatic carbocycles. The number of primary amides is 2. The molecule has 3 amide bonds. The molecule has 0 aromatic heterocycles. The molecule has 8 heteroatoms. The largest absolute Gasteiger partial charge is 0.452 e. The van der Waals surface area contributed by atoms with Crippen LogP contribution in [0.15, 0.2) is 24.3 Å². The number of carbonyl (C=O) groups is 3. The van der Waals surface area contributed by atoms with Crippen LogP contribution in [-0.4, -0.2) is 24.0 Å². The third-order valence-electron chi connectivity index (χ3n) is 2.68. The van der Waals surface area contributed by atoms with Crippen molar-refractivity contribution in [3.8, 4) is 0 Å². The molecule has 1 rings (SSSR count). The highest BCUT2D eigenvalue weighted by Crippen LogP contribution is 2.25. The zero-order valence-corrected chi connectivity index (χ0v) is 12.1. The molecule has 0 heterocycles. The number of esters is 1. The van der Waals surface area contributed by atoms with Gasteiger partial charge in [-0.25, -0.2) is 4.79 Å². The smallest absolute Gasteiger partial charge is 0.312 e. The third-order valence-corrected chi connectivity index (χ3v) is 3.02. The molecule has 0 aliphatic heterocycles. The first kappa shape index (κ1) is 16.8. The Kier molecular flexibility index (Phi) is 5.98. The zero-order valence-electron chi connectivity index (χ0n) is 11.3. The molecule has 5 N–H and O–H groups in total. The van der Waals surface area contributed by atoms with Crippen molar-refractivity contribution < 1.29 is 19.1 Å². The lowest BCUT2D eigenvalue weighted by Gasteiger charge is -2.19. The fraction of sp³-hybridized carbons (Fsp3) is 0.308. The minimum Gasteiger partial charge on any atom is -0.452 e. The first-order valence-electron chi connectivity index (χ1n) is 6.10. The van der Waals surface area contributed by atoms with Crippen LogP contribution < -0.4 is 16.8 Å². The van der Waals surface area contributed by atoms with E-state index in [2.05, 4.69) is 5.32 Å². The number of nitrogens with one attached hydrogen (secondary N) is 1. The summed E-state index contributed by atoms with van der Waals surface area (Å²) in [5.74, 6) is -1.47. The van der Waals surface area contributed by atoms with Gasteiger partial charge in [-0.1, -0.05) is 29.8 Å². The number of halogens is 1. The van der Waals surface area contributed by atoms with Crippen molar-refractivity contribution >= 4 is 29.5 Å². The third kappa shape index (κ3) is 5.31. The predicted octanol–water partition coefficient (Wildman–Crippen LogP) is 0.856. The van der Waals surface area contributed by atoms with Gasteiger partial charge in [0.1, 0.15) is 0 Å². The van der Waals surface area contributed by atoms with E-state index >= 15 is 0 Å². The Balaban J connectivity index is 2.85. The summed E-state index contributed by atoms with van der Waals surface area (Å²) in [5.41, 5.74) is 10.6. The molecule has 0 fully saturated rings. The van der Waals surface area contributed by atoms with Crippen molar-refractivity contribution in [1.29, 1.82) is 0 Å². The van der Waals surface area contributed by atoms with Gasteiger partial charge in [-0.3, -0.25) is 9.59 Å². The second-order valence-electron chi connectivity index (χ2n) is 4.32. The van der Waals surface area contributed by atoms with E-state index in [1.807, 2.05) is 0 Å². The molecule has 0 saturated heterocycles. The number of rotatable bonds is 6. The van der Waals surface area contributed by atoms with E-state index in [1.54, 1.807) is 24.3 Å². The Labute approximate surface area is 126 Å². The monoisotopic (exact) mass is 313 g/mol. The maximum Gasteiger partial charge on any atom is 0.312 e. The summed E-state index contributed by atoms with van der Waals surface area (Å²) in [6.07, 6.45) is -1.29. The van der Waals surface area contributed by atoms with Crippen LogP contribution in [0, 0.1) is 0 Å². The standard InChI is InChI=1S/C13H16ClN3O4/c1-7(12(15)19)21-11(18)6-10(17-13(16)20)8-4-2-3-5-9(8)14/h2-5,7,10H,6H2,1H3,(H2,15,19)(H3,16,17,20)/t7-,10-/m0/s1. The van der Waals surface area contributed by atoms with Crippen molar-refractivity contribution in [2.24, 2.45) is 11.5 Å². The normalized spacial score (nSPS) is 13.0. The Morgan fingerprint density at radius 1 is 1.29 bits per heavy atom. The predicted molar refractivity (Wildman–Crippen MR) is 76.3 cm³/mol. The number of urea groups is 1. The van der Waals surface area contributed by atoms with Crippen molar-refractivity contribution in [3.05, 3.63) is 34.9 Å². The van der Waals surface area contributed by atoms with Gasteiger partial charge in [0.25, 0.3) is 5.91 Å². The minimum atomic E-state index is -1.06. The molecule has 114 valence electrons. The van der Waals surface area contributed by atoms with E-state index in [9.17, 15) is 14.4 Å². The van der Waals surface area contributed by atoms with Gasteiger partial charge >= 0.3 is 12.0 Å². The van der Waals surface area contributed by atoms with E-state index in [0.717, 1.165) is 0 Å². The molecule has 0 bridgehead atoms. The lowest BCUT2D eigenvalue weighted by Crippen LogP contribution is -2.36. The summed E-state index contributed by atoms with van der Waals surface area (Å²) in [7, 11) is 0. The van der Waals surface area contributed by atoms with E-state index in [-0.39, 0.29) is 6.42 Å². The Hall–Kier alpha value is -2.28. The van der Waals surface area contributed by atoms with Crippen LogP contribution in [0.5, 0.6) is 0 Å². The second-order valence-corrected chi connectivity index (χ2v) is 4.73. The van der Waals surface area contributed by atoms with Crippen molar-refractivity contribution in [2.45, 2.75) is 25.5 Å².